The molecule has 8 nitrogen and oxygen atoms in total. The number of aromatic amines is 1. The number of amides is 2. The van der Waals surface area contributed by atoms with Crippen LogP contribution in [0, 0.1) is 0 Å². The molecule has 0 atom stereocenters. The van der Waals surface area contributed by atoms with Crippen LogP contribution in [0.4, 0.5) is 11.4 Å². The number of carbonyl (C=O) groups is 3. The minimum atomic E-state index is -0.447. The Morgan fingerprint density at radius 3 is 2.74 bits per heavy atom. The third-order valence-corrected chi connectivity index (χ3v) is 5.84. The fourth-order valence-electron chi connectivity index (χ4n) is 3.94. The molecule has 5 rings (SSSR count). The number of benzene rings is 2. The first-order chi connectivity index (χ1) is 16.9. The lowest BCUT2D eigenvalue weighted by Gasteiger charge is -2.10. The van der Waals surface area contributed by atoms with E-state index in [1.807, 2.05) is 0 Å². The van der Waals surface area contributed by atoms with Gasteiger partial charge in [0.2, 0.25) is 0 Å². The molecule has 2 heterocycles. The van der Waals surface area contributed by atoms with Gasteiger partial charge in [-0.15, -0.1) is 11.6 Å². The summed E-state index contributed by atoms with van der Waals surface area (Å²) < 4.78 is 5.57. The molecular weight excluding hydrogens is 470 g/mol. The molecule has 9 heteroatoms. The number of aromatic hydroxyl groups is 1. The van der Waals surface area contributed by atoms with E-state index in [1.54, 1.807) is 42.5 Å². The van der Waals surface area contributed by atoms with Crippen molar-refractivity contribution >= 4 is 63.6 Å². The number of fused-ring (bicyclic) bond motifs is 2. The molecule has 4 N–H and O–H groups in total. The summed E-state index contributed by atoms with van der Waals surface area (Å²) in [5.41, 5.74) is 3.35. The van der Waals surface area contributed by atoms with Crippen molar-refractivity contribution in [2.45, 2.75) is 12.8 Å². The van der Waals surface area contributed by atoms with E-state index in [0.717, 1.165) is 10.9 Å². The van der Waals surface area contributed by atoms with Crippen molar-refractivity contribution < 1.29 is 23.9 Å². The molecule has 1 aliphatic rings. The van der Waals surface area contributed by atoms with Gasteiger partial charge >= 0.3 is 0 Å². The van der Waals surface area contributed by atoms with E-state index in [1.165, 1.54) is 18.2 Å². The van der Waals surface area contributed by atoms with Gasteiger partial charge in [-0.1, -0.05) is 6.07 Å². The zero-order valence-electron chi connectivity index (χ0n) is 18.4. The molecule has 176 valence electrons. The van der Waals surface area contributed by atoms with E-state index in [2.05, 4.69) is 15.6 Å². The number of nitrogens with one attached hydrogen (secondary N) is 3. The summed E-state index contributed by atoms with van der Waals surface area (Å²) >= 11 is 5.84. The normalized spacial score (nSPS) is 12.5. The van der Waals surface area contributed by atoms with Crippen LogP contribution in [0.5, 0.6) is 5.75 Å². The molecular formula is C26H20ClN3O5. The summed E-state index contributed by atoms with van der Waals surface area (Å²) in [6, 6.07) is 13.1. The maximum absolute atomic E-state index is 12.8. The molecule has 0 unspecified atom stereocenters. The molecule has 0 saturated heterocycles. The molecule has 2 amide bonds. The number of anilines is 2. The van der Waals surface area contributed by atoms with E-state index < -0.39 is 5.91 Å². The fourth-order valence-corrected chi connectivity index (χ4v) is 4.15. The number of hydrogen-bond acceptors (Lipinski definition) is 5. The first-order valence-electron chi connectivity index (χ1n) is 10.9. The second kappa shape index (κ2) is 9.15. The minimum absolute atomic E-state index is 0.0374. The number of phenols is 1. The Labute approximate surface area is 203 Å². The van der Waals surface area contributed by atoms with Gasteiger partial charge in [0, 0.05) is 45.9 Å². The van der Waals surface area contributed by atoms with Crippen LogP contribution in [0.2, 0.25) is 0 Å². The highest BCUT2D eigenvalue weighted by atomic mass is 35.5. The van der Waals surface area contributed by atoms with Gasteiger partial charge in [-0.3, -0.25) is 14.4 Å². The van der Waals surface area contributed by atoms with Gasteiger partial charge in [-0.05, 0) is 60.5 Å². The SMILES string of the molecule is O=C1C=c2cc(C(=O)Nc3ccc4[nH]c(C(=O)Nc5cc(O)ccc5CCCl)cc4c3)oc2=CC1. The largest absolute Gasteiger partial charge is 0.508 e. The van der Waals surface area contributed by atoms with Gasteiger partial charge in [0.05, 0.1) is 0 Å². The molecule has 2 aromatic heterocycles. The molecule has 0 saturated carbocycles. The molecule has 4 aromatic rings. The van der Waals surface area contributed by atoms with Crippen LogP contribution < -0.4 is 21.3 Å². The van der Waals surface area contributed by atoms with E-state index in [9.17, 15) is 19.5 Å². The van der Waals surface area contributed by atoms with E-state index >= 15 is 0 Å². The van der Waals surface area contributed by atoms with Crippen molar-refractivity contribution in [2.24, 2.45) is 0 Å². The Kier molecular flexibility index (Phi) is 5.88. The highest BCUT2D eigenvalue weighted by Crippen LogP contribution is 2.25. The lowest BCUT2D eigenvalue weighted by Crippen LogP contribution is -2.24. The molecule has 35 heavy (non-hydrogen) atoms. The fraction of sp³-hybridized carbons (Fsp3) is 0.115. The second-order valence-corrected chi connectivity index (χ2v) is 8.50. The molecule has 0 bridgehead atoms. The van der Waals surface area contributed by atoms with E-state index in [0.29, 0.717) is 45.5 Å². The molecule has 2 aromatic carbocycles. The number of phenolic OH excluding ortho intramolecular Hbond substituents is 1. The number of aromatic nitrogens is 1. The van der Waals surface area contributed by atoms with Crippen molar-refractivity contribution in [2.75, 3.05) is 16.5 Å². The highest BCUT2D eigenvalue weighted by molar-refractivity contribution is 6.18. The standard InChI is InChI=1S/C26H20ClN3O5/c27-8-7-14-1-3-19(32)13-21(14)30-25(33)22-11-15-9-17(2-5-20(15)29-22)28-26(34)24-12-16-10-18(31)4-6-23(16)35-24/h1-3,5-6,9-13,29,32H,4,7-8H2,(H,28,34)(H,30,33). The Morgan fingerprint density at radius 1 is 1.06 bits per heavy atom. The summed E-state index contributed by atoms with van der Waals surface area (Å²) in [4.78, 5) is 40.1. The van der Waals surface area contributed by atoms with Crippen LogP contribution in [0.15, 0.2) is 52.9 Å². The van der Waals surface area contributed by atoms with E-state index in [4.69, 9.17) is 16.0 Å². The quantitative estimate of drug-likeness (QED) is 0.309. The Hall–Kier alpha value is -4.30. The van der Waals surface area contributed by atoms with Crippen LogP contribution in [0.1, 0.15) is 33.0 Å². The smallest absolute Gasteiger partial charge is 0.291 e. The minimum Gasteiger partial charge on any atom is -0.508 e. The number of ketones is 1. The first kappa shape index (κ1) is 22.5. The van der Waals surface area contributed by atoms with Crippen molar-refractivity contribution in [3.8, 4) is 5.75 Å². The first-order valence-corrected chi connectivity index (χ1v) is 11.4. The number of furan rings is 1. The predicted octanol–water partition coefficient (Wildman–Crippen LogP) is 3.29. The van der Waals surface area contributed by atoms with Crippen molar-refractivity contribution in [1.82, 2.24) is 4.98 Å². The Bertz CT molecular complexity index is 1620. The maximum Gasteiger partial charge on any atom is 0.291 e. The second-order valence-electron chi connectivity index (χ2n) is 8.12. The van der Waals surface area contributed by atoms with Gasteiger partial charge in [0.25, 0.3) is 11.8 Å². The number of carbonyl (C=O) groups excluding carboxylic acids is 3. The third kappa shape index (κ3) is 4.69. The molecule has 0 aliphatic heterocycles. The predicted molar refractivity (Wildman–Crippen MR) is 133 cm³/mol. The average Bonchev–Trinajstić information content (AvgIpc) is 3.44. The van der Waals surface area contributed by atoms with Gasteiger partial charge in [0.1, 0.15) is 16.9 Å². The summed E-state index contributed by atoms with van der Waals surface area (Å²) in [7, 11) is 0. The zero-order chi connectivity index (χ0) is 24.5. The molecule has 0 fully saturated rings. The van der Waals surface area contributed by atoms with Gasteiger partial charge in [0.15, 0.2) is 11.5 Å². The van der Waals surface area contributed by atoms with Gasteiger partial charge in [-0.25, -0.2) is 0 Å². The summed E-state index contributed by atoms with van der Waals surface area (Å²) in [5, 5.41) is 16.7. The monoisotopic (exact) mass is 489 g/mol. The van der Waals surface area contributed by atoms with Crippen LogP contribution >= 0.6 is 11.6 Å². The molecule has 0 radical (unpaired) electrons. The number of halogens is 1. The Balaban J connectivity index is 1.35. The van der Waals surface area contributed by atoms with Crippen LogP contribution in [-0.2, 0) is 11.2 Å². The zero-order valence-corrected chi connectivity index (χ0v) is 19.1. The summed E-state index contributed by atoms with van der Waals surface area (Å²) in [5.74, 6) is -0.346. The summed E-state index contributed by atoms with van der Waals surface area (Å²) in [6.45, 7) is 0. The maximum atomic E-state index is 12.8. The third-order valence-electron chi connectivity index (χ3n) is 5.65. The molecule has 1 aliphatic carbocycles. The van der Waals surface area contributed by atoms with Crippen molar-refractivity contribution in [1.29, 1.82) is 0 Å². The number of aryl methyl sites for hydroxylation is 1. The summed E-state index contributed by atoms with van der Waals surface area (Å²) in [6.07, 6.45) is 3.91. The number of hydrogen-bond donors (Lipinski definition) is 4. The number of rotatable bonds is 6. The molecule has 0 spiro atoms. The van der Waals surface area contributed by atoms with Gasteiger partial charge < -0.3 is 25.1 Å². The van der Waals surface area contributed by atoms with Crippen LogP contribution in [-0.4, -0.2) is 33.6 Å². The number of H-pyrrole nitrogens is 1. The van der Waals surface area contributed by atoms with Crippen LogP contribution in [0.3, 0.4) is 0 Å². The number of Topliss-reactive ketones (excluding diaryl/α,β-unsaturated/α-hetero) is 1. The van der Waals surface area contributed by atoms with Gasteiger partial charge in [-0.2, -0.15) is 0 Å². The Morgan fingerprint density at radius 2 is 1.91 bits per heavy atom. The van der Waals surface area contributed by atoms with Crippen molar-refractivity contribution in [3.63, 3.8) is 0 Å². The van der Waals surface area contributed by atoms with Crippen LogP contribution in [0.25, 0.3) is 23.1 Å². The van der Waals surface area contributed by atoms with Crippen molar-refractivity contribution in [3.05, 3.63) is 76.2 Å². The average molecular weight is 490 g/mol. The lowest BCUT2D eigenvalue weighted by molar-refractivity contribution is -0.112. The highest BCUT2D eigenvalue weighted by Gasteiger charge is 2.16. The topological polar surface area (TPSA) is 124 Å². The lowest BCUT2D eigenvalue weighted by atomic mass is 10.1. The van der Waals surface area contributed by atoms with E-state index in [-0.39, 0.29) is 29.6 Å². The number of alkyl halides is 1.